The van der Waals surface area contributed by atoms with Gasteiger partial charge in [0, 0.05) is 16.6 Å². The summed E-state index contributed by atoms with van der Waals surface area (Å²) in [5.74, 6) is 0. The van der Waals surface area contributed by atoms with E-state index < -0.39 is 6.04 Å². The zero-order valence-electron chi connectivity index (χ0n) is 9.70. The van der Waals surface area contributed by atoms with Crippen LogP contribution in [0.3, 0.4) is 0 Å². The molecule has 96 valence electrons. The van der Waals surface area contributed by atoms with Crippen molar-refractivity contribution in [2.45, 2.75) is 19.5 Å². The lowest BCUT2D eigenvalue weighted by molar-refractivity contribution is 0.601. The van der Waals surface area contributed by atoms with E-state index in [0.717, 1.165) is 11.3 Å². The Labute approximate surface area is 120 Å². The van der Waals surface area contributed by atoms with Gasteiger partial charge in [-0.3, -0.25) is 4.68 Å². The molecule has 0 aliphatic heterocycles. The van der Waals surface area contributed by atoms with Crippen LogP contribution < -0.4 is 5.73 Å². The van der Waals surface area contributed by atoms with E-state index in [1.54, 1.807) is 29.1 Å². The molecule has 3 nitrogen and oxygen atoms in total. The van der Waals surface area contributed by atoms with Gasteiger partial charge in [-0.05, 0) is 30.7 Å². The fraction of sp³-hybridized carbons (Fsp3) is 0.250. The predicted molar refractivity (Wildman–Crippen MR) is 75.4 cm³/mol. The zero-order valence-corrected chi connectivity index (χ0v) is 12.0. The monoisotopic (exact) mass is 303 g/mol. The molecule has 0 aliphatic carbocycles. The maximum absolute atomic E-state index is 6.22. The summed E-state index contributed by atoms with van der Waals surface area (Å²) in [4.78, 5) is 0. The van der Waals surface area contributed by atoms with Gasteiger partial charge >= 0.3 is 0 Å². The number of aromatic nitrogens is 2. The van der Waals surface area contributed by atoms with E-state index in [1.165, 1.54) is 0 Å². The summed E-state index contributed by atoms with van der Waals surface area (Å²) in [6.07, 6.45) is 1.58. The summed E-state index contributed by atoms with van der Waals surface area (Å²) in [5, 5.41) is 5.84. The second-order valence-corrected chi connectivity index (χ2v) is 5.09. The third-order valence-electron chi connectivity index (χ3n) is 2.72. The molecule has 6 heteroatoms. The van der Waals surface area contributed by atoms with Crippen LogP contribution in [0.2, 0.25) is 15.1 Å². The first-order chi connectivity index (χ1) is 8.54. The average Bonchev–Trinajstić information content (AvgIpc) is 2.72. The van der Waals surface area contributed by atoms with Gasteiger partial charge in [-0.15, -0.1) is 0 Å². The molecular weight excluding hydrogens is 293 g/mol. The van der Waals surface area contributed by atoms with Crippen molar-refractivity contribution in [2.75, 3.05) is 0 Å². The Kier molecular flexibility index (Phi) is 4.17. The second kappa shape index (κ2) is 5.49. The summed E-state index contributed by atoms with van der Waals surface area (Å²) in [5.41, 5.74) is 7.70. The Morgan fingerprint density at radius 3 is 2.67 bits per heavy atom. The lowest BCUT2D eigenvalue weighted by Crippen LogP contribution is -2.18. The molecule has 0 saturated heterocycles. The molecule has 2 N–H and O–H groups in total. The number of hydrogen-bond donors (Lipinski definition) is 1. The molecule has 2 aromatic rings. The topological polar surface area (TPSA) is 43.8 Å². The molecule has 1 unspecified atom stereocenters. The molecule has 1 heterocycles. The molecule has 0 saturated carbocycles. The molecule has 18 heavy (non-hydrogen) atoms. The molecular formula is C12H12Cl3N3. The lowest BCUT2D eigenvalue weighted by Gasteiger charge is -2.16. The van der Waals surface area contributed by atoms with Crippen LogP contribution in [0.5, 0.6) is 0 Å². The first-order valence-electron chi connectivity index (χ1n) is 5.46. The highest BCUT2D eigenvalue weighted by molar-refractivity contribution is 6.34. The highest BCUT2D eigenvalue weighted by Gasteiger charge is 2.20. The van der Waals surface area contributed by atoms with Crippen LogP contribution >= 0.6 is 34.8 Å². The highest BCUT2D eigenvalue weighted by Crippen LogP contribution is 2.32. The van der Waals surface area contributed by atoms with Crippen molar-refractivity contribution < 1.29 is 0 Å². The van der Waals surface area contributed by atoms with Crippen LogP contribution in [0, 0.1) is 0 Å². The van der Waals surface area contributed by atoms with E-state index in [4.69, 9.17) is 40.5 Å². The molecule has 1 atom stereocenters. The fourth-order valence-electron chi connectivity index (χ4n) is 1.83. The van der Waals surface area contributed by atoms with Gasteiger partial charge in [-0.25, -0.2) is 0 Å². The highest BCUT2D eigenvalue weighted by atomic mass is 35.5. The summed E-state index contributed by atoms with van der Waals surface area (Å²) in [7, 11) is 0. The van der Waals surface area contributed by atoms with Crippen molar-refractivity contribution in [3.05, 3.63) is 50.7 Å². The van der Waals surface area contributed by atoms with Gasteiger partial charge in [0.1, 0.15) is 0 Å². The quantitative estimate of drug-likeness (QED) is 0.934. The summed E-state index contributed by atoms with van der Waals surface area (Å²) >= 11 is 18.2. The molecule has 0 amide bonds. The van der Waals surface area contributed by atoms with Gasteiger partial charge < -0.3 is 5.73 Å². The minimum Gasteiger partial charge on any atom is -0.319 e. The van der Waals surface area contributed by atoms with E-state index in [1.807, 2.05) is 6.92 Å². The maximum atomic E-state index is 6.22. The van der Waals surface area contributed by atoms with Crippen LogP contribution in [-0.4, -0.2) is 9.78 Å². The van der Waals surface area contributed by atoms with Gasteiger partial charge in [0.2, 0.25) is 0 Å². The first kappa shape index (κ1) is 13.7. The van der Waals surface area contributed by atoms with Crippen molar-refractivity contribution >= 4 is 34.8 Å². The minimum absolute atomic E-state index is 0.453. The Morgan fingerprint density at radius 1 is 1.28 bits per heavy atom. The maximum Gasteiger partial charge on any atom is 0.0837 e. The van der Waals surface area contributed by atoms with Crippen molar-refractivity contribution in [3.63, 3.8) is 0 Å². The van der Waals surface area contributed by atoms with E-state index in [-0.39, 0.29) is 0 Å². The van der Waals surface area contributed by atoms with Crippen LogP contribution in [0.1, 0.15) is 24.2 Å². The Balaban J connectivity index is 2.50. The van der Waals surface area contributed by atoms with Crippen molar-refractivity contribution in [1.29, 1.82) is 0 Å². The second-order valence-electron chi connectivity index (χ2n) is 3.84. The van der Waals surface area contributed by atoms with Crippen LogP contribution in [0.25, 0.3) is 0 Å². The predicted octanol–water partition coefficient (Wildman–Crippen LogP) is 3.91. The Hall–Kier alpha value is -0.740. The molecule has 1 aromatic carbocycles. The number of rotatable bonds is 3. The summed E-state index contributed by atoms with van der Waals surface area (Å²) < 4.78 is 1.75. The third kappa shape index (κ3) is 2.50. The van der Waals surface area contributed by atoms with Crippen molar-refractivity contribution in [3.8, 4) is 0 Å². The van der Waals surface area contributed by atoms with Crippen molar-refractivity contribution in [1.82, 2.24) is 9.78 Å². The molecule has 0 bridgehead atoms. The number of benzene rings is 1. The van der Waals surface area contributed by atoms with Gasteiger partial charge in [0.05, 0.1) is 23.0 Å². The number of aryl methyl sites for hydroxylation is 1. The van der Waals surface area contributed by atoms with Crippen LogP contribution in [0.15, 0.2) is 24.4 Å². The van der Waals surface area contributed by atoms with Gasteiger partial charge in [-0.1, -0.05) is 34.8 Å². The Bertz CT molecular complexity index is 566. The largest absolute Gasteiger partial charge is 0.319 e. The van der Waals surface area contributed by atoms with Gasteiger partial charge in [0.25, 0.3) is 0 Å². The number of nitrogens with two attached hydrogens (primary N) is 1. The molecule has 0 spiro atoms. The third-order valence-corrected chi connectivity index (χ3v) is 3.59. The molecule has 1 aromatic heterocycles. The van der Waals surface area contributed by atoms with E-state index in [0.29, 0.717) is 21.6 Å². The normalized spacial score (nSPS) is 12.7. The van der Waals surface area contributed by atoms with E-state index in [9.17, 15) is 0 Å². The molecule has 2 rings (SSSR count). The summed E-state index contributed by atoms with van der Waals surface area (Å²) in [6.45, 7) is 2.66. The lowest BCUT2D eigenvalue weighted by atomic mass is 10.0. The van der Waals surface area contributed by atoms with Crippen LogP contribution in [-0.2, 0) is 6.54 Å². The zero-order chi connectivity index (χ0) is 13.3. The molecule has 0 fully saturated rings. The van der Waals surface area contributed by atoms with E-state index in [2.05, 4.69) is 5.10 Å². The minimum atomic E-state index is -0.453. The number of hydrogen-bond acceptors (Lipinski definition) is 2. The van der Waals surface area contributed by atoms with E-state index >= 15 is 0 Å². The standard InChI is InChI=1S/C12H12Cl3N3/c1-2-18-12(10(15)6-17-18)11(16)8-5-7(13)3-4-9(8)14/h3-6,11H,2,16H2,1H3. The molecule has 0 aliphatic rings. The first-order valence-corrected chi connectivity index (χ1v) is 6.59. The molecule has 0 radical (unpaired) electrons. The fourth-order valence-corrected chi connectivity index (χ4v) is 2.51. The summed E-state index contributed by atoms with van der Waals surface area (Å²) in [6, 6.07) is 4.74. The SMILES string of the molecule is CCn1ncc(Cl)c1C(N)c1cc(Cl)ccc1Cl. The Morgan fingerprint density at radius 2 is 2.00 bits per heavy atom. The van der Waals surface area contributed by atoms with Crippen molar-refractivity contribution in [2.24, 2.45) is 5.73 Å². The van der Waals surface area contributed by atoms with Gasteiger partial charge in [-0.2, -0.15) is 5.10 Å². The smallest absolute Gasteiger partial charge is 0.0837 e. The number of halogens is 3. The van der Waals surface area contributed by atoms with Gasteiger partial charge in [0.15, 0.2) is 0 Å². The average molecular weight is 305 g/mol. The van der Waals surface area contributed by atoms with Crippen LogP contribution in [0.4, 0.5) is 0 Å². The number of nitrogens with zero attached hydrogens (tertiary/aromatic N) is 2.